The van der Waals surface area contributed by atoms with Gasteiger partial charge in [-0.3, -0.25) is 9.59 Å². The molecule has 2 amide bonds. The lowest BCUT2D eigenvalue weighted by Gasteiger charge is -2.39. The Balaban J connectivity index is 1.39. The van der Waals surface area contributed by atoms with E-state index in [1.807, 2.05) is 18.2 Å². The van der Waals surface area contributed by atoms with Crippen molar-refractivity contribution in [3.8, 4) is 5.75 Å². The summed E-state index contributed by atoms with van der Waals surface area (Å²) < 4.78 is 11.7. The molecule has 134 valence electrons. The summed E-state index contributed by atoms with van der Waals surface area (Å²) in [5, 5.41) is 6.11. The third-order valence-electron chi connectivity index (χ3n) is 5.49. The Labute approximate surface area is 147 Å². The van der Waals surface area contributed by atoms with Gasteiger partial charge in [-0.25, -0.2) is 0 Å². The van der Waals surface area contributed by atoms with E-state index in [0.29, 0.717) is 24.5 Å². The lowest BCUT2D eigenvalue weighted by Crippen LogP contribution is -2.52. The van der Waals surface area contributed by atoms with E-state index in [9.17, 15) is 9.59 Å². The fourth-order valence-corrected chi connectivity index (χ4v) is 3.99. The van der Waals surface area contributed by atoms with E-state index in [-0.39, 0.29) is 29.6 Å². The lowest BCUT2D eigenvalue weighted by atomic mass is 9.81. The quantitative estimate of drug-likeness (QED) is 0.857. The van der Waals surface area contributed by atoms with Crippen LogP contribution in [0.15, 0.2) is 24.3 Å². The molecular formula is C19H24N2O4. The molecule has 0 aromatic heterocycles. The van der Waals surface area contributed by atoms with Gasteiger partial charge >= 0.3 is 0 Å². The predicted octanol–water partition coefficient (Wildman–Crippen LogP) is 1.79. The fourth-order valence-electron chi connectivity index (χ4n) is 3.99. The van der Waals surface area contributed by atoms with Crippen molar-refractivity contribution < 1.29 is 19.1 Å². The first-order valence-electron chi connectivity index (χ1n) is 9.13. The smallest absolute Gasteiger partial charge is 0.255 e. The standard InChI is InChI=1S/C19H24N2O4/c22-17-14-4-1-2-5-15(14)25-19(12-20-17)9-7-13(8-10-19)21-18(23)16-6-3-11-24-16/h1-2,4-5,13,16H,3,6-12H2,(H,20,22)(H,21,23)/t13?,16-,19?/m1/s1. The van der Waals surface area contributed by atoms with Crippen LogP contribution < -0.4 is 15.4 Å². The van der Waals surface area contributed by atoms with Crippen LogP contribution in [0.25, 0.3) is 0 Å². The lowest BCUT2D eigenvalue weighted by molar-refractivity contribution is -0.131. The Morgan fingerprint density at radius 3 is 2.76 bits per heavy atom. The van der Waals surface area contributed by atoms with Gasteiger partial charge in [-0.15, -0.1) is 0 Å². The predicted molar refractivity (Wildman–Crippen MR) is 91.5 cm³/mol. The number of nitrogens with one attached hydrogen (secondary N) is 2. The maximum absolute atomic E-state index is 12.2. The molecule has 6 heteroatoms. The minimum absolute atomic E-state index is 0.0129. The number of para-hydroxylation sites is 1. The first-order chi connectivity index (χ1) is 12.2. The third kappa shape index (κ3) is 3.35. The molecule has 1 saturated carbocycles. The second kappa shape index (κ2) is 6.67. The highest BCUT2D eigenvalue weighted by Crippen LogP contribution is 2.36. The average Bonchev–Trinajstić information content (AvgIpc) is 3.13. The number of carbonyl (C=O) groups is 2. The van der Waals surface area contributed by atoms with E-state index >= 15 is 0 Å². The number of ether oxygens (including phenoxy) is 2. The molecule has 1 aromatic carbocycles. The van der Waals surface area contributed by atoms with E-state index in [4.69, 9.17) is 9.47 Å². The summed E-state index contributed by atoms with van der Waals surface area (Å²) in [5.74, 6) is 0.583. The van der Waals surface area contributed by atoms with Gasteiger partial charge in [-0.2, -0.15) is 0 Å². The number of hydrogen-bond acceptors (Lipinski definition) is 4. The van der Waals surface area contributed by atoms with Gasteiger partial charge in [0.05, 0.1) is 12.1 Å². The molecule has 1 spiro atoms. The van der Waals surface area contributed by atoms with Gasteiger partial charge in [0, 0.05) is 12.6 Å². The number of rotatable bonds is 2. The Morgan fingerprint density at radius 1 is 1.20 bits per heavy atom. The van der Waals surface area contributed by atoms with Crippen molar-refractivity contribution in [3.05, 3.63) is 29.8 Å². The Morgan fingerprint density at radius 2 is 2.00 bits per heavy atom. The monoisotopic (exact) mass is 344 g/mol. The van der Waals surface area contributed by atoms with Crippen LogP contribution in [0.4, 0.5) is 0 Å². The van der Waals surface area contributed by atoms with Gasteiger partial charge in [-0.05, 0) is 50.7 Å². The van der Waals surface area contributed by atoms with E-state index in [1.165, 1.54) is 0 Å². The minimum Gasteiger partial charge on any atom is -0.485 e. The number of amides is 2. The summed E-state index contributed by atoms with van der Waals surface area (Å²) >= 11 is 0. The van der Waals surface area contributed by atoms with Crippen molar-refractivity contribution in [3.63, 3.8) is 0 Å². The molecule has 1 atom stereocenters. The zero-order valence-corrected chi connectivity index (χ0v) is 14.3. The number of hydrogen-bond donors (Lipinski definition) is 2. The van der Waals surface area contributed by atoms with Gasteiger partial charge in [0.2, 0.25) is 5.91 Å². The molecule has 3 aliphatic rings. The van der Waals surface area contributed by atoms with Crippen molar-refractivity contribution in [2.45, 2.75) is 56.3 Å². The zero-order chi connectivity index (χ0) is 17.3. The van der Waals surface area contributed by atoms with Gasteiger partial charge in [0.1, 0.15) is 17.5 Å². The summed E-state index contributed by atoms with van der Waals surface area (Å²) in [6.07, 6.45) is 4.78. The molecule has 1 aromatic rings. The minimum atomic E-state index is -0.382. The molecule has 6 nitrogen and oxygen atoms in total. The second-order valence-corrected chi connectivity index (χ2v) is 7.25. The largest absolute Gasteiger partial charge is 0.485 e. The van der Waals surface area contributed by atoms with Gasteiger partial charge < -0.3 is 20.1 Å². The SMILES string of the molecule is O=C1NCC2(CCC(NC(=O)[C@H]3CCCO3)CC2)Oc2ccccc21. The fraction of sp³-hybridized carbons (Fsp3) is 0.579. The molecule has 4 rings (SSSR count). The van der Waals surface area contributed by atoms with E-state index < -0.39 is 0 Å². The molecule has 25 heavy (non-hydrogen) atoms. The highest BCUT2D eigenvalue weighted by molar-refractivity contribution is 5.97. The maximum atomic E-state index is 12.2. The summed E-state index contributed by atoms with van der Waals surface area (Å²) in [7, 11) is 0. The first-order valence-corrected chi connectivity index (χ1v) is 9.13. The van der Waals surface area contributed by atoms with Crippen LogP contribution in [0, 0.1) is 0 Å². The normalized spacial score (nSPS) is 31.6. The Bertz CT molecular complexity index is 661. The summed E-state index contributed by atoms with van der Waals surface area (Å²) in [5.41, 5.74) is 0.209. The van der Waals surface area contributed by atoms with E-state index in [2.05, 4.69) is 10.6 Å². The number of carbonyl (C=O) groups excluding carboxylic acids is 2. The zero-order valence-electron chi connectivity index (χ0n) is 14.3. The van der Waals surface area contributed by atoms with Crippen LogP contribution in [0.2, 0.25) is 0 Å². The highest BCUT2D eigenvalue weighted by atomic mass is 16.5. The van der Waals surface area contributed by atoms with Crippen LogP contribution >= 0.6 is 0 Å². The van der Waals surface area contributed by atoms with Crippen LogP contribution in [0.5, 0.6) is 5.75 Å². The maximum Gasteiger partial charge on any atom is 0.255 e. The van der Waals surface area contributed by atoms with Crippen molar-refractivity contribution in [2.24, 2.45) is 0 Å². The van der Waals surface area contributed by atoms with Gasteiger partial charge in [0.15, 0.2) is 0 Å². The van der Waals surface area contributed by atoms with Gasteiger partial charge in [-0.1, -0.05) is 12.1 Å². The van der Waals surface area contributed by atoms with Gasteiger partial charge in [0.25, 0.3) is 5.91 Å². The van der Waals surface area contributed by atoms with Crippen LogP contribution in [-0.2, 0) is 9.53 Å². The molecule has 2 fully saturated rings. The van der Waals surface area contributed by atoms with Crippen molar-refractivity contribution in [1.29, 1.82) is 0 Å². The van der Waals surface area contributed by atoms with Crippen LogP contribution in [0.1, 0.15) is 48.9 Å². The molecule has 1 saturated heterocycles. The van der Waals surface area contributed by atoms with E-state index in [1.54, 1.807) is 6.07 Å². The molecule has 2 N–H and O–H groups in total. The Kier molecular flexibility index (Phi) is 4.37. The molecule has 0 bridgehead atoms. The summed E-state index contributed by atoms with van der Waals surface area (Å²) in [6.45, 7) is 1.19. The molecule has 0 radical (unpaired) electrons. The topological polar surface area (TPSA) is 76.7 Å². The van der Waals surface area contributed by atoms with E-state index in [0.717, 1.165) is 38.5 Å². The van der Waals surface area contributed by atoms with Crippen molar-refractivity contribution in [2.75, 3.05) is 13.2 Å². The summed E-state index contributed by atoms with van der Waals surface area (Å²) in [4.78, 5) is 24.4. The molecule has 2 aliphatic heterocycles. The molecular weight excluding hydrogens is 320 g/mol. The second-order valence-electron chi connectivity index (χ2n) is 7.25. The third-order valence-corrected chi connectivity index (χ3v) is 5.49. The molecule has 0 unspecified atom stereocenters. The van der Waals surface area contributed by atoms with Crippen LogP contribution in [0.3, 0.4) is 0 Å². The number of benzene rings is 1. The average molecular weight is 344 g/mol. The van der Waals surface area contributed by atoms with Crippen molar-refractivity contribution in [1.82, 2.24) is 10.6 Å². The molecule has 2 heterocycles. The first kappa shape index (κ1) is 16.4. The Hall–Kier alpha value is -2.08. The van der Waals surface area contributed by atoms with Crippen molar-refractivity contribution >= 4 is 11.8 Å². The summed E-state index contributed by atoms with van der Waals surface area (Å²) in [6, 6.07) is 7.53. The highest BCUT2D eigenvalue weighted by Gasteiger charge is 2.41. The molecule has 1 aliphatic carbocycles. The van der Waals surface area contributed by atoms with Crippen LogP contribution in [-0.4, -0.2) is 42.7 Å². The number of fused-ring (bicyclic) bond motifs is 1.